The van der Waals surface area contributed by atoms with Crippen molar-refractivity contribution >= 4 is 11.5 Å². The Morgan fingerprint density at radius 3 is 2.90 bits per heavy atom. The number of pyridine rings is 1. The molecule has 2 aromatic rings. The van der Waals surface area contributed by atoms with Crippen LogP contribution in [-0.4, -0.2) is 19.1 Å². The summed E-state index contributed by atoms with van der Waals surface area (Å²) in [5, 5.41) is 3.67. The maximum Gasteiger partial charge on any atom is 0.151 e. The van der Waals surface area contributed by atoms with E-state index < -0.39 is 0 Å². The van der Waals surface area contributed by atoms with Crippen molar-refractivity contribution in [3.63, 3.8) is 0 Å². The molecule has 20 heavy (non-hydrogen) atoms. The molecule has 0 saturated heterocycles. The van der Waals surface area contributed by atoms with E-state index in [1.165, 1.54) is 16.7 Å². The Morgan fingerprint density at radius 1 is 1.25 bits per heavy atom. The highest BCUT2D eigenvalue weighted by atomic mass is 15.2. The van der Waals surface area contributed by atoms with E-state index in [1.54, 1.807) is 0 Å². The Labute approximate surface area is 120 Å². The molecule has 3 heteroatoms. The lowest BCUT2D eigenvalue weighted by molar-refractivity contribution is 0.760. The van der Waals surface area contributed by atoms with E-state index in [-0.39, 0.29) is 0 Å². The number of fused-ring (bicyclic) bond motifs is 1. The average Bonchev–Trinajstić information content (AvgIpc) is 2.82. The number of hydrogen-bond acceptors (Lipinski definition) is 3. The molecule has 104 valence electrons. The SMILES string of the molecule is Cc1ccc2c(c1)C(Nc1cccnc1N(C)C)CC2. The second-order valence-electron chi connectivity index (χ2n) is 5.71. The van der Waals surface area contributed by atoms with Crippen LogP contribution < -0.4 is 10.2 Å². The highest BCUT2D eigenvalue weighted by molar-refractivity contribution is 5.66. The lowest BCUT2D eigenvalue weighted by Crippen LogP contribution is -2.15. The maximum atomic E-state index is 4.46. The Balaban J connectivity index is 1.89. The van der Waals surface area contributed by atoms with Gasteiger partial charge in [0.15, 0.2) is 5.82 Å². The third-order valence-electron chi connectivity index (χ3n) is 3.92. The molecule has 3 rings (SSSR count). The summed E-state index contributed by atoms with van der Waals surface area (Å²) in [6.45, 7) is 2.16. The van der Waals surface area contributed by atoms with Crippen LogP contribution in [0.15, 0.2) is 36.5 Å². The summed E-state index contributed by atoms with van der Waals surface area (Å²) in [5.41, 5.74) is 5.36. The number of hydrogen-bond donors (Lipinski definition) is 1. The van der Waals surface area contributed by atoms with E-state index >= 15 is 0 Å². The molecular formula is C17H21N3. The van der Waals surface area contributed by atoms with E-state index in [0.717, 1.165) is 24.3 Å². The minimum atomic E-state index is 0.396. The van der Waals surface area contributed by atoms with Crippen molar-refractivity contribution in [3.8, 4) is 0 Å². The first-order chi connectivity index (χ1) is 9.65. The summed E-state index contributed by atoms with van der Waals surface area (Å²) in [7, 11) is 4.06. The number of nitrogens with one attached hydrogen (secondary N) is 1. The normalized spacial score (nSPS) is 16.9. The fraction of sp³-hybridized carbons (Fsp3) is 0.353. The number of benzene rings is 1. The smallest absolute Gasteiger partial charge is 0.151 e. The van der Waals surface area contributed by atoms with Gasteiger partial charge in [0, 0.05) is 20.3 Å². The predicted octanol–water partition coefficient (Wildman–Crippen LogP) is 3.56. The van der Waals surface area contributed by atoms with E-state index in [4.69, 9.17) is 0 Å². The molecule has 0 saturated carbocycles. The molecule has 0 spiro atoms. The number of rotatable bonds is 3. The largest absolute Gasteiger partial charge is 0.375 e. The van der Waals surface area contributed by atoms with Crippen LogP contribution in [0.25, 0.3) is 0 Å². The minimum absolute atomic E-state index is 0.396. The highest BCUT2D eigenvalue weighted by Crippen LogP contribution is 2.36. The molecule has 1 aromatic heterocycles. The Kier molecular flexibility index (Phi) is 3.35. The van der Waals surface area contributed by atoms with E-state index in [9.17, 15) is 0 Å². The Hall–Kier alpha value is -2.03. The summed E-state index contributed by atoms with van der Waals surface area (Å²) in [6.07, 6.45) is 4.15. The molecule has 1 atom stereocenters. The zero-order chi connectivity index (χ0) is 14.1. The van der Waals surface area contributed by atoms with Crippen molar-refractivity contribution < 1.29 is 0 Å². The molecule has 0 aliphatic heterocycles. The van der Waals surface area contributed by atoms with Gasteiger partial charge in [-0.05, 0) is 43.0 Å². The van der Waals surface area contributed by atoms with Gasteiger partial charge in [0.1, 0.15) is 0 Å². The van der Waals surface area contributed by atoms with Crippen molar-refractivity contribution in [2.24, 2.45) is 0 Å². The Morgan fingerprint density at radius 2 is 2.10 bits per heavy atom. The van der Waals surface area contributed by atoms with Crippen LogP contribution >= 0.6 is 0 Å². The second kappa shape index (κ2) is 5.16. The summed E-state index contributed by atoms with van der Waals surface area (Å²) < 4.78 is 0. The predicted molar refractivity (Wildman–Crippen MR) is 84.4 cm³/mol. The van der Waals surface area contributed by atoms with Crippen LogP contribution in [0.2, 0.25) is 0 Å². The van der Waals surface area contributed by atoms with Gasteiger partial charge < -0.3 is 10.2 Å². The van der Waals surface area contributed by atoms with Gasteiger partial charge in [-0.2, -0.15) is 0 Å². The molecule has 1 aliphatic rings. The van der Waals surface area contributed by atoms with Gasteiger partial charge in [-0.25, -0.2) is 4.98 Å². The van der Waals surface area contributed by atoms with Crippen molar-refractivity contribution in [1.82, 2.24) is 4.98 Å². The highest BCUT2D eigenvalue weighted by Gasteiger charge is 2.23. The lowest BCUT2D eigenvalue weighted by atomic mass is 10.0. The number of aromatic nitrogens is 1. The van der Waals surface area contributed by atoms with Crippen molar-refractivity contribution in [1.29, 1.82) is 0 Å². The minimum Gasteiger partial charge on any atom is -0.375 e. The van der Waals surface area contributed by atoms with Crippen LogP contribution in [-0.2, 0) is 6.42 Å². The zero-order valence-electron chi connectivity index (χ0n) is 12.4. The first-order valence-corrected chi connectivity index (χ1v) is 7.13. The maximum absolute atomic E-state index is 4.46. The zero-order valence-corrected chi connectivity index (χ0v) is 12.4. The van der Waals surface area contributed by atoms with Crippen LogP contribution in [0.4, 0.5) is 11.5 Å². The lowest BCUT2D eigenvalue weighted by Gasteiger charge is -2.21. The molecule has 1 aromatic carbocycles. The quantitative estimate of drug-likeness (QED) is 0.921. The molecule has 1 N–H and O–H groups in total. The van der Waals surface area contributed by atoms with E-state index in [0.29, 0.717) is 6.04 Å². The van der Waals surface area contributed by atoms with Gasteiger partial charge in [-0.1, -0.05) is 23.8 Å². The molecule has 0 amide bonds. The molecule has 0 radical (unpaired) electrons. The van der Waals surface area contributed by atoms with E-state index in [2.05, 4.69) is 46.4 Å². The van der Waals surface area contributed by atoms with Gasteiger partial charge in [-0.3, -0.25) is 0 Å². The molecule has 0 bridgehead atoms. The summed E-state index contributed by atoms with van der Waals surface area (Å²) >= 11 is 0. The molecule has 1 heterocycles. The summed E-state index contributed by atoms with van der Waals surface area (Å²) in [5.74, 6) is 0.994. The number of anilines is 2. The van der Waals surface area contributed by atoms with Crippen molar-refractivity contribution in [2.45, 2.75) is 25.8 Å². The Bertz CT molecular complexity index is 619. The number of aryl methyl sites for hydroxylation is 2. The first kappa shape index (κ1) is 13.0. The topological polar surface area (TPSA) is 28.2 Å². The van der Waals surface area contributed by atoms with Crippen molar-refractivity contribution in [3.05, 3.63) is 53.2 Å². The standard InChI is InChI=1S/C17H21N3/c1-12-6-7-13-8-9-15(14(13)11-12)19-16-5-4-10-18-17(16)20(2)3/h4-7,10-11,15,19H,8-9H2,1-3H3. The van der Waals surface area contributed by atoms with Crippen molar-refractivity contribution in [2.75, 3.05) is 24.3 Å². The van der Waals surface area contributed by atoms with Crippen LogP contribution in [0.5, 0.6) is 0 Å². The molecule has 0 fully saturated rings. The molecule has 1 aliphatic carbocycles. The van der Waals surface area contributed by atoms with Gasteiger partial charge in [-0.15, -0.1) is 0 Å². The number of nitrogens with zero attached hydrogens (tertiary/aromatic N) is 2. The van der Waals surface area contributed by atoms with Gasteiger partial charge >= 0.3 is 0 Å². The monoisotopic (exact) mass is 267 g/mol. The van der Waals surface area contributed by atoms with Crippen LogP contribution in [0, 0.1) is 6.92 Å². The third-order valence-corrected chi connectivity index (χ3v) is 3.92. The third kappa shape index (κ3) is 2.36. The fourth-order valence-corrected chi connectivity index (χ4v) is 2.93. The first-order valence-electron chi connectivity index (χ1n) is 7.13. The molecule has 1 unspecified atom stereocenters. The van der Waals surface area contributed by atoms with E-state index in [1.807, 2.05) is 26.4 Å². The van der Waals surface area contributed by atoms with Crippen LogP contribution in [0.1, 0.15) is 29.2 Å². The summed E-state index contributed by atoms with van der Waals surface area (Å²) in [6, 6.07) is 11.3. The van der Waals surface area contributed by atoms with Gasteiger partial charge in [0.05, 0.1) is 11.7 Å². The average molecular weight is 267 g/mol. The second-order valence-corrected chi connectivity index (χ2v) is 5.71. The van der Waals surface area contributed by atoms with Gasteiger partial charge in [0.2, 0.25) is 0 Å². The molecule has 3 nitrogen and oxygen atoms in total. The fourth-order valence-electron chi connectivity index (χ4n) is 2.93. The summed E-state index contributed by atoms with van der Waals surface area (Å²) in [4.78, 5) is 6.51. The van der Waals surface area contributed by atoms with Gasteiger partial charge in [0.25, 0.3) is 0 Å². The molecular weight excluding hydrogens is 246 g/mol. The van der Waals surface area contributed by atoms with Crippen LogP contribution in [0.3, 0.4) is 0 Å².